The van der Waals surface area contributed by atoms with Crippen LogP contribution in [0.4, 0.5) is 13.2 Å². The van der Waals surface area contributed by atoms with Gasteiger partial charge in [0.15, 0.2) is 0 Å². The lowest BCUT2D eigenvalue weighted by Crippen LogP contribution is -2.42. The van der Waals surface area contributed by atoms with E-state index in [0.717, 1.165) is 5.56 Å². The van der Waals surface area contributed by atoms with E-state index in [2.05, 4.69) is 11.9 Å². The number of hydrogen-bond donors (Lipinski definition) is 1. The van der Waals surface area contributed by atoms with Crippen molar-refractivity contribution in [3.63, 3.8) is 0 Å². The maximum Gasteiger partial charge on any atom is 0.398 e. The molecule has 0 spiro atoms. The zero-order chi connectivity index (χ0) is 21.8. The fraction of sp³-hybridized carbons (Fsp3) is 0.348. The first-order valence-corrected chi connectivity index (χ1v) is 9.72. The molecular formula is C23H25ClF3NO. The second kappa shape index (κ2) is 9.04. The van der Waals surface area contributed by atoms with Gasteiger partial charge in [-0.25, -0.2) is 0 Å². The first-order chi connectivity index (χ1) is 13.5. The molecule has 0 heterocycles. The fourth-order valence-electron chi connectivity index (χ4n) is 3.46. The summed E-state index contributed by atoms with van der Waals surface area (Å²) in [6.07, 6.45) is -4.86. The number of allylic oxidation sites excluding steroid dienone is 1. The van der Waals surface area contributed by atoms with Crippen molar-refractivity contribution >= 4 is 23.1 Å². The van der Waals surface area contributed by atoms with Crippen LogP contribution >= 0.6 is 11.6 Å². The van der Waals surface area contributed by atoms with Gasteiger partial charge in [0.25, 0.3) is 0 Å². The molecule has 0 aromatic heterocycles. The van der Waals surface area contributed by atoms with E-state index in [4.69, 9.17) is 11.6 Å². The van der Waals surface area contributed by atoms with Gasteiger partial charge in [-0.05, 0) is 59.7 Å². The third-order valence-electron chi connectivity index (χ3n) is 5.16. The van der Waals surface area contributed by atoms with E-state index in [1.807, 2.05) is 0 Å². The third kappa shape index (κ3) is 5.41. The van der Waals surface area contributed by atoms with Crippen LogP contribution in [0, 0.1) is 6.92 Å². The van der Waals surface area contributed by atoms with Gasteiger partial charge in [0.1, 0.15) is 0 Å². The Morgan fingerprint density at radius 2 is 1.76 bits per heavy atom. The number of aryl methyl sites for hydroxylation is 1. The van der Waals surface area contributed by atoms with Crippen LogP contribution in [0.1, 0.15) is 48.9 Å². The van der Waals surface area contributed by atoms with Crippen molar-refractivity contribution in [3.8, 4) is 0 Å². The summed E-state index contributed by atoms with van der Waals surface area (Å²) in [7, 11) is 0. The zero-order valence-corrected chi connectivity index (χ0v) is 17.5. The van der Waals surface area contributed by atoms with Gasteiger partial charge in [-0.1, -0.05) is 55.4 Å². The van der Waals surface area contributed by atoms with E-state index in [9.17, 15) is 18.0 Å². The highest BCUT2D eigenvalue weighted by atomic mass is 35.5. The smallest absolute Gasteiger partial charge is 0.352 e. The van der Waals surface area contributed by atoms with Crippen LogP contribution in [0.2, 0.25) is 5.02 Å². The van der Waals surface area contributed by atoms with Crippen LogP contribution in [-0.2, 0) is 16.8 Å². The Kier molecular flexibility index (Phi) is 7.17. The molecule has 1 unspecified atom stereocenters. The summed E-state index contributed by atoms with van der Waals surface area (Å²) in [5.41, 5.74) is 0.655. The molecule has 0 saturated heterocycles. The van der Waals surface area contributed by atoms with Crippen molar-refractivity contribution in [2.45, 2.75) is 51.7 Å². The maximum atomic E-state index is 14.3. The van der Waals surface area contributed by atoms with E-state index >= 15 is 0 Å². The Hall–Kier alpha value is -2.27. The molecule has 156 valence electrons. The summed E-state index contributed by atoms with van der Waals surface area (Å²) in [5.74, 6) is -0.145. The molecular weight excluding hydrogens is 399 g/mol. The minimum Gasteiger partial charge on any atom is -0.352 e. The maximum absolute atomic E-state index is 14.3. The predicted octanol–water partition coefficient (Wildman–Crippen LogP) is 6.60. The number of carbonyl (C=O) groups is 1. The number of benzene rings is 2. The molecule has 1 N–H and O–H groups in total. The summed E-state index contributed by atoms with van der Waals surface area (Å²) in [6, 6.07) is 11.6. The van der Waals surface area contributed by atoms with Gasteiger partial charge in [-0.2, -0.15) is 13.2 Å². The largest absolute Gasteiger partial charge is 0.398 e. The standard InChI is InChI=1S/C23H25ClF3NO/c1-5-22(23(25,26)27,20-10-15(2)11-21(24)12-20)13-16(3)19-8-6-18(7-9-19)14-28-17(4)29/h6-12H,3,5,13-14H2,1-2,4H3,(H,28,29). The number of rotatable bonds is 7. The lowest BCUT2D eigenvalue weighted by atomic mass is 9.71. The Morgan fingerprint density at radius 1 is 1.14 bits per heavy atom. The number of alkyl halides is 3. The molecule has 1 amide bonds. The number of halogens is 4. The third-order valence-corrected chi connectivity index (χ3v) is 5.38. The van der Waals surface area contributed by atoms with Crippen molar-refractivity contribution < 1.29 is 18.0 Å². The normalized spacial score (nSPS) is 13.6. The molecule has 1 atom stereocenters. The molecule has 6 heteroatoms. The molecule has 0 aliphatic heterocycles. The van der Waals surface area contributed by atoms with Crippen LogP contribution in [0.3, 0.4) is 0 Å². The topological polar surface area (TPSA) is 29.1 Å². The lowest BCUT2D eigenvalue weighted by molar-refractivity contribution is -0.190. The predicted molar refractivity (Wildman–Crippen MR) is 112 cm³/mol. The van der Waals surface area contributed by atoms with Crippen LogP contribution < -0.4 is 5.32 Å². The highest BCUT2D eigenvalue weighted by Gasteiger charge is 2.54. The quantitative estimate of drug-likeness (QED) is 0.534. The van der Waals surface area contributed by atoms with Gasteiger partial charge in [0.05, 0.1) is 5.41 Å². The molecule has 2 aromatic carbocycles. The zero-order valence-electron chi connectivity index (χ0n) is 16.8. The molecule has 2 nitrogen and oxygen atoms in total. The Bertz CT molecular complexity index is 870. The molecule has 2 aromatic rings. The van der Waals surface area contributed by atoms with E-state index in [0.29, 0.717) is 23.2 Å². The second-order valence-electron chi connectivity index (χ2n) is 7.34. The first-order valence-electron chi connectivity index (χ1n) is 9.34. The van der Waals surface area contributed by atoms with E-state index in [1.165, 1.54) is 19.9 Å². The van der Waals surface area contributed by atoms with Gasteiger partial charge < -0.3 is 5.32 Å². The van der Waals surface area contributed by atoms with Gasteiger partial charge in [-0.3, -0.25) is 4.79 Å². The molecule has 0 radical (unpaired) electrons. The van der Waals surface area contributed by atoms with Gasteiger partial charge >= 0.3 is 6.18 Å². The summed E-state index contributed by atoms with van der Waals surface area (Å²) < 4.78 is 42.9. The van der Waals surface area contributed by atoms with Crippen molar-refractivity contribution in [2.24, 2.45) is 0 Å². The SMILES string of the molecule is C=C(CC(CC)(c1cc(C)cc(Cl)c1)C(F)(F)F)c1ccc(CNC(C)=O)cc1. The summed E-state index contributed by atoms with van der Waals surface area (Å²) in [4.78, 5) is 11.0. The van der Waals surface area contributed by atoms with Crippen molar-refractivity contribution in [3.05, 3.63) is 76.3 Å². The van der Waals surface area contributed by atoms with Crippen LogP contribution in [-0.4, -0.2) is 12.1 Å². The molecule has 0 fully saturated rings. The average molecular weight is 424 g/mol. The second-order valence-corrected chi connectivity index (χ2v) is 7.77. The molecule has 29 heavy (non-hydrogen) atoms. The van der Waals surface area contributed by atoms with Crippen molar-refractivity contribution in [1.29, 1.82) is 0 Å². The monoisotopic (exact) mass is 423 g/mol. The minimum absolute atomic E-state index is 0.129. The summed E-state index contributed by atoms with van der Waals surface area (Å²) >= 11 is 6.07. The van der Waals surface area contributed by atoms with Crippen molar-refractivity contribution in [2.75, 3.05) is 0 Å². The van der Waals surface area contributed by atoms with Gasteiger partial charge in [0, 0.05) is 18.5 Å². The van der Waals surface area contributed by atoms with Gasteiger partial charge in [-0.15, -0.1) is 0 Å². The molecule has 0 bridgehead atoms. The highest BCUT2D eigenvalue weighted by Crippen LogP contribution is 2.49. The van der Waals surface area contributed by atoms with E-state index in [1.54, 1.807) is 43.3 Å². The van der Waals surface area contributed by atoms with E-state index < -0.39 is 11.6 Å². The van der Waals surface area contributed by atoms with Crippen LogP contribution in [0.5, 0.6) is 0 Å². The Balaban J connectivity index is 2.36. The highest BCUT2D eigenvalue weighted by molar-refractivity contribution is 6.30. The van der Waals surface area contributed by atoms with E-state index in [-0.39, 0.29) is 29.3 Å². The fourth-order valence-corrected chi connectivity index (χ4v) is 3.75. The van der Waals surface area contributed by atoms with Crippen LogP contribution in [0.15, 0.2) is 49.0 Å². The summed E-state index contributed by atoms with van der Waals surface area (Å²) in [6.45, 7) is 9.00. The Labute approximate surface area is 174 Å². The molecule has 0 aliphatic rings. The number of amides is 1. The summed E-state index contributed by atoms with van der Waals surface area (Å²) in [5, 5.41) is 2.97. The number of hydrogen-bond acceptors (Lipinski definition) is 1. The van der Waals surface area contributed by atoms with Crippen molar-refractivity contribution in [1.82, 2.24) is 5.32 Å². The molecule has 0 saturated carbocycles. The van der Waals surface area contributed by atoms with Gasteiger partial charge in [0.2, 0.25) is 5.91 Å². The first kappa shape index (κ1) is 23.0. The average Bonchev–Trinajstić information content (AvgIpc) is 2.62. The molecule has 2 rings (SSSR count). The lowest BCUT2D eigenvalue weighted by Gasteiger charge is -2.36. The minimum atomic E-state index is -4.47. The van der Waals surface area contributed by atoms with Crippen LogP contribution in [0.25, 0.3) is 5.57 Å². The number of nitrogens with one attached hydrogen (secondary N) is 1. The number of carbonyl (C=O) groups excluding carboxylic acids is 1. The molecule has 0 aliphatic carbocycles. The Morgan fingerprint density at radius 3 is 2.24 bits per heavy atom.